The maximum atomic E-state index is 5.86. The molecule has 0 amide bonds. The third-order valence-electron chi connectivity index (χ3n) is 2.27. The molecular weight excluding hydrogens is 182 g/mol. The van der Waals surface area contributed by atoms with E-state index < -0.39 is 0 Å². The first kappa shape index (κ1) is 8.79. The lowest BCUT2D eigenvalue weighted by atomic mass is 9.86. The van der Waals surface area contributed by atoms with Gasteiger partial charge in [0.2, 0.25) is 0 Å². The monoisotopic (exact) mass is 193 g/mol. The van der Waals surface area contributed by atoms with Crippen LogP contribution in [0.2, 0.25) is 5.02 Å². The van der Waals surface area contributed by atoms with Crippen LogP contribution in [0.3, 0.4) is 0 Å². The van der Waals surface area contributed by atoms with Gasteiger partial charge < -0.3 is 5.73 Å². The van der Waals surface area contributed by atoms with Crippen LogP contribution in [-0.2, 0) is 0 Å². The predicted molar refractivity (Wildman–Crippen MR) is 56.6 cm³/mol. The van der Waals surface area contributed by atoms with Crippen molar-refractivity contribution in [2.24, 2.45) is 5.73 Å². The van der Waals surface area contributed by atoms with E-state index in [0.717, 1.165) is 17.9 Å². The van der Waals surface area contributed by atoms with Crippen molar-refractivity contribution in [1.29, 1.82) is 0 Å². The summed E-state index contributed by atoms with van der Waals surface area (Å²) in [6.07, 6.45) is 4.24. The molecule has 0 heterocycles. The molecule has 0 unspecified atom stereocenters. The molecule has 0 bridgehead atoms. The van der Waals surface area contributed by atoms with Gasteiger partial charge in [0, 0.05) is 11.1 Å². The van der Waals surface area contributed by atoms with Gasteiger partial charge in [-0.05, 0) is 30.5 Å². The quantitative estimate of drug-likeness (QED) is 0.730. The number of halogens is 1. The summed E-state index contributed by atoms with van der Waals surface area (Å²) < 4.78 is 0. The zero-order valence-corrected chi connectivity index (χ0v) is 8.09. The maximum absolute atomic E-state index is 5.86. The van der Waals surface area contributed by atoms with Crippen molar-refractivity contribution in [3.05, 3.63) is 40.4 Å². The first-order valence-corrected chi connectivity index (χ1v) is 4.82. The molecule has 2 N–H and O–H groups in total. The molecule has 0 aliphatic heterocycles. The number of hydrogen-bond acceptors (Lipinski definition) is 1. The van der Waals surface area contributed by atoms with Crippen molar-refractivity contribution < 1.29 is 0 Å². The van der Waals surface area contributed by atoms with E-state index in [1.165, 1.54) is 11.1 Å². The highest BCUT2D eigenvalue weighted by atomic mass is 35.5. The van der Waals surface area contributed by atoms with E-state index in [1.54, 1.807) is 0 Å². The Morgan fingerprint density at radius 2 is 2.15 bits per heavy atom. The third kappa shape index (κ3) is 2.11. The average molecular weight is 194 g/mol. The van der Waals surface area contributed by atoms with Crippen LogP contribution in [0, 0.1) is 0 Å². The van der Waals surface area contributed by atoms with Crippen LogP contribution < -0.4 is 5.73 Å². The minimum absolute atomic E-state index is 0.380. The summed E-state index contributed by atoms with van der Waals surface area (Å²) in [5, 5.41) is 0.790. The van der Waals surface area contributed by atoms with E-state index in [4.69, 9.17) is 17.3 Å². The van der Waals surface area contributed by atoms with Gasteiger partial charge in [0.25, 0.3) is 0 Å². The van der Waals surface area contributed by atoms with Crippen molar-refractivity contribution in [2.45, 2.75) is 18.9 Å². The van der Waals surface area contributed by atoms with E-state index in [9.17, 15) is 0 Å². The van der Waals surface area contributed by atoms with Gasteiger partial charge in [-0.15, -0.1) is 0 Å². The van der Waals surface area contributed by atoms with Gasteiger partial charge in [0.15, 0.2) is 0 Å². The average Bonchev–Trinajstić information content (AvgIpc) is 2.01. The molecule has 0 aromatic heterocycles. The summed E-state index contributed by atoms with van der Waals surface area (Å²) >= 11 is 5.86. The molecule has 0 spiro atoms. The zero-order chi connectivity index (χ0) is 9.26. The zero-order valence-electron chi connectivity index (χ0n) is 7.33. The molecular formula is C11H12ClN. The fraction of sp³-hybridized carbons (Fsp3) is 0.273. The van der Waals surface area contributed by atoms with Crippen LogP contribution in [0.25, 0.3) is 6.08 Å². The molecule has 0 radical (unpaired) electrons. The van der Waals surface area contributed by atoms with Crippen LogP contribution in [0.4, 0.5) is 0 Å². The van der Waals surface area contributed by atoms with Crippen molar-refractivity contribution >= 4 is 17.7 Å². The lowest BCUT2D eigenvalue weighted by Gasteiger charge is -2.25. The third-order valence-corrected chi connectivity index (χ3v) is 2.50. The normalized spacial score (nSPS) is 21.1. The highest BCUT2D eigenvalue weighted by Gasteiger charge is 2.17. The van der Waals surface area contributed by atoms with Gasteiger partial charge in [-0.25, -0.2) is 0 Å². The van der Waals surface area contributed by atoms with Crippen LogP contribution in [0.15, 0.2) is 29.8 Å². The number of rotatable bonds is 1. The summed E-state index contributed by atoms with van der Waals surface area (Å²) in [6.45, 7) is 0. The molecule has 68 valence electrons. The summed E-state index contributed by atoms with van der Waals surface area (Å²) in [4.78, 5) is 0. The first-order chi connectivity index (χ1) is 6.24. The second-order valence-electron chi connectivity index (χ2n) is 3.53. The van der Waals surface area contributed by atoms with Crippen LogP contribution in [0.5, 0.6) is 0 Å². The number of hydrogen-bond donors (Lipinski definition) is 1. The Kier molecular flexibility index (Phi) is 2.38. The minimum Gasteiger partial charge on any atom is -0.327 e. The van der Waals surface area contributed by atoms with E-state index in [2.05, 4.69) is 12.1 Å². The summed E-state index contributed by atoms with van der Waals surface area (Å²) in [6, 6.07) is 8.26. The topological polar surface area (TPSA) is 26.0 Å². The fourth-order valence-electron chi connectivity index (χ4n) is 1.56. The van der Waals surface area contributed by atoms with Gasteiger partial charge >= 0.3 is 0 Å². The maximum Gasteiger partial charge on any atom is 0.0411 e. The molecule has 1 aliphatic carbocycles. The fourth-order valence-corrected chi connectivity index (χ4v) is 1.76. The highest BCUT2D eigenvalue weighted by Crippen LogP contribution is 2.27. The summed E-state index contributed by atoms with van der Waals surface area (Å²) in [5.74, 6) is 0. The van der Waals surface area contributed by atoms with Gasteiger partial charge in [-0.1, -0.05) is 35.4 Å². The summed E-state index contributed by atoms with van der Waals surface area (Å²) in [5.41, 5.74) is 8.29. The lowest BCUT2D eigenvalue weighted by molar-refractivity contribution is 0.547. The molecule has 1 saturated carbocycles. The Bertz CT molecular complexity index is 336. The molecule has 2 rings (SSSR count). The van der Waals surface area contributed by atoms with Crippen LogP contribution >= 0.6 is 11.6 Å². The van der Waals surface area contributed by atoms with Crippen molar-refractivity contribution in [3.63, 3.8) is 0 Å². The van der Waals surface area contributed by atoms with Crippen LogP contribution in [0.1, 0.15) is 18.4 Å². The van der Waals surface area contributed by atoms with Gasteiger partial charge in [0.05, 0.1) is 0 Å². The first-order valence-electron chi connectivity index (χ1n) is 4.44. The Labute approximate surface area is 83.2 Å². The highest BCUT2D eigenvalue weighted by molar-refractivity contribution is 6.30. The number of benzene rings is 1. The molecule has 2 heteroatoms. The standard InChI is InChI=1S/C11H12ClN/c12-10-3-1-2-8(5-10)4-9-6-11(13)7-9/h1-5,11H,6-7,13H2. The molecule has 13 heavy (non-hydrogen) atoms. The Morgan fingerprint density at radius 1 is 1.38 bits per heavy atom. The van der Waals surface area contributed by atoms with Crippen molar-refractivity contribution in [2.75, 3.05) is 0 Å². The molecule has 1 aromatic rings. The van der Waals surface area contributed by atoms with Gasteiger partial charge in [-0.2, -0.15) is 0 Å². The molecule has 0 atom stereocenters. The van der Waals surface area contributed by atoms with Gasteiger partial charge in [-0.3, -0.25) is 0 Å². The number of nitrogens with two attached hydrogens (primary N) is 1. The molecule has 1 aromatic carbocycles. The van der Waals surface area contributed by atoms with Crippen molar-refractivity contribution in [1.82, 2.24) is 0 Å². The van der Waals surface area contributed by atoms with Crippen molar-refractivity contribution in [3.8, 4) is 0 Å². The largest absolute Gasteiger partial charge is 0.327 e. The van der Waals surface area contributed by atoms with E-state index in [0.29, 0.717) is 6.04 Å². The van der Waals surface area contributed by atoms with Crippen LogP contribution in [-0.4, -0.2) is 6.04 Å². The van der Waals surface area contributed by atoms with E-state index in [1.807, 2.05) is 18.2 Å². The molecule has 1 fully saturated rings. The SMILES string of the molecule is NC1CC(=Cc2cccc(Cl)c2)C1. The Balaban J connectivity index is 2.14. The lowest BCUT2D eigenvalue weighted by Crippen LogP contribution is -2.29. The van der Waals surface area contributed by atoms with E-state index >= 15 is 0 Å². The molecule has 0 saturated heterocycles. The Morgan fingerprint density at radius 3 is 2.77 bits per heavy atom. The second-order valence-corrected chi connectivity index (χ2v) is 3.96. The van der Waals surface area contributed by atoms with Gasteiger partial charge in [0.1, 0.15) is 0 Å². The smallest absolute Gasteiger partial charge is 0.0411 e. The minimum atomic E-state index is 0.380. The van der Waals surface area contributed by atoms with E-state index in [-0.39, 0.29) is 0 Å². The second kappa shape index (κ2) is 3.52. The molecule has 1 nitrogen and oxygen atoms in total. The predicted octanol–water partition coefficient (Wildman–Crippen LogP) is 2.84. The molecule has 1 aliphatic rings. The summed E-state index contributed by atoms with van der Waals surface area (Å²) in [7, 11) is 0. The Hall–Kier alpha value is -0.790.